The second kappa shape index (κ2) is 8.73. The molecule has 0 aliphatic rings. The Hall–Kier alpha value is -2.41. The molecule has 0 fully saturated rings. The number of sulfonamides is 1. The Labute approximate surface area is 171 Å². The van der Waals surface area contributed by atoms with Crippen LogP contribution >= 0.6 is 11.6 Å². The second-order valence-electron chi connectivity index (χ2n) is 6.46. The highest BCUT2D eigenvalue weighted by Crippen LogP contribution is 2.20. The van der Waals surface area contributed by atoms with Gasteiger partial charge in [-0.1, -0.05) is 53.6 Å². The van der Waals surface area contributed by atoms with Gasteiger partial charge in [-0.2, -0.15) is 4.31 Å². The highest BCUT2D eigenvalue weighted by atomic mass is 35.5. The van der Waals surface area contributed by atoms with E-state index in [0.29, 0.717) is 17.4 Å². The summed E-state index contributed by atoms with van der Waals surface area (Å²) in [7, 11) is -3.67. The third kappa shape index (κ3) is 4.52. The molecule has 1 heterocycles. The van der Waals surface area contributed by atoms with E-state index in [1.807, 2.05) is 42.0 Å². The molecule has 1 aromatic heterocycles. The second-order valence-corrected chi connectivity index (χ2v) is 8.81. The van der Waals surface area contributed by atoms with E-state index in [9.17, 15) is 8.42 Å². The molecule has 28 heavy (non-hydrogen) atoms. The van der Waals surface area contributed by atoms with Crippen molar-refractivity contribution >= 4 is 21.6 Å². The molecule has 0 radical (unpaired) electrons. The fourth-order valence-electron chi connectivity index (χ4n) is 2.85. The molecule has 5 nitrogen and oxygen atoms in total. The molecule has 0 saturated carbocycles. The molecule has 0 spiro atoms. The Morgan fingerprint density at radius 1 is 1.18 bits per heavy atom. The van der Waals surface area contributed by atoms with Gasteiger partial charge in [0.1, 0.15) is 5.82 Å². The standard InChI is InChI=1S/C21H22ClN3O2S/c1-3-13-25(28(26,27)19-10-8-17(2)9-11-19)16-21-23-12-14-24(21)15-18-6-4-5-7-20(18)22/h3-12,14H,1,13,15-16H2,2H3. The van der Waals surface area contributed by atoms with E-state index in [2.05, 4.69) is 11.6 Å². The highest BCUT2D eigenvalue weighted by molar-refractivity contribution is 7.89. The lowest BCUT2D eigenvalue weighted by molar-refractivity contribution is 0.421. The van der Waals surface area contributed by atoms with Crippen LogP contribution in [0.1, 0.15) is 17.0 Å². The Morgan fingerprint density at radius 3 is 2.57 bits per heavy atom. The quantitative estimate of drug-likeness (QED) is 0.516. The SMILES string of the molecule is C=CCN(Cc1nccn1Cc1ccccc1Cl)S(=O)(=O)c1ccc(C)cc1. The molecule has 7 heteroatoms. The number of hydrogen-bond acceptors (Lipinski definition) is 3. The lowest BCUT2D eigenvalue weighted by atomic mass is 10.2. The number of imidazole rings is 1. The highest BCUT2D eigenvalue weighted by Gasteiger charge is 2.25. The summed E-state index contributed by atoms with van der Waals surface area (Å²) >= 11 is 6.26. The normalized spacial score (nSPS) is 11.7. The predicted molar refractivity (Wildman–Crippen MR) is 112 cm³/mol. The van der Waals surface area contributed by atoms with Crippen molar-refractivity contribution in [3.63, 3.8) is 0 Å². The van der Waals surface area contributed by atoms with Gasteiger partial charge < -0.3 is 4.57 Å². The summed E-state index contributed by atoms with van der Waals surface area (Å²) < 4.78 is 29.5. The minimum absolute atomic E-state index is 0.139. The number of benzene rings is 2. The molecule has 2 aromatic carbocycles. The van der Waals surface area contributed by atoms with Crippen molar-refractivity contribution in [1.29, 1.82) is 0 Å². The van der Waals surface area contributed by atoms with Crippen molar-refractivity contribution in [2.45, 2.75) is 24.9 Å². The fraction of sp³-hybridized carbons (Fsp3) is 0.190. The van der Waals surface area contributed by atoms with Gasteiger partial charge in [0.15, 0.2) is 0 Å². The third-order valence-electron chi connectivity index (χ3n) is 4.41. The zero-order valence-corrected chi connectivity index (χ0v) is 17.2. The summed E-state index contributed by atoms with van der Waals surface area (Å²) in [6.07, 6.45) is 5.06. The molecule has 0 saturated heterocycles. The first-order valence-electron chi connectivity index (χ1n) is 8.83. The van der Waals surface area contributed by atoms with Crippen LogP contribution in [0.2, 0.25) is 5.02 Å². The van der Waals surface area contributed by atoms with Crippen LogP contribution in [0.5, 0.6) is 0 Å². The van der Waals surface area contributed by atoms with Crippen molar-refractivity contribution in [2.24, 2.45) is 0 Å². The van der Waals surface area contributed by atoms with E-state index in [0.717, 1.165) is 11.1 Å². The molecular weight excluding hydrogens is 394 g/mol. The van der Waals surface area contributed by atoms with E-state index < -0.39 is 10.0 Å². The van der Waals surface area contributed by atoms with E-state index >= 15 is 0 Å². The summed E-state index contributed by atoms with van der Waals surface area (Å²) in [4.78, 5) is 4.62. The zero-order chi connectivity index (χ0) is 20.1. The molecule has 146 valence electrons. The van der Waals surface area contributed by atoms with Gasteiger partial charge in [0.2, 0.25) is 10.0 Å². The van der Waals surface area contributed by atoms with Crippen LogP contribution in [-0.4, -0.2) is 28.8 Å². The van der Waals surface area contributed by atoms with Gasteiger partial charge in [-0.15, -0.1) is 6.58 Å². The molecule has 0 aliphatic heterocycles. The van der Waals surface area contributed by atoms with Crippen molar-refractivity contribution in [2.75, 3.05) is 6.54 Å². The summed E-state index contributed by atoms with van der Waals surface area (Å²) in [6, 6.07) is 14.4. The first kappa shape index (κ1) is 20.3. The van der Waals surface area contributed by atoms with E-state index in [-0.39, 0.29) is 18.0 Å². The van der Waals surface area contributed by atoms with Crippen molar-refractivity contribution in [1.82, 2.24) is 13.9 Å². The third-order valence-corrected chi connectivity index (χ3v) is 6.60. The lowest BCUT2D eigenvalue weighted by Gasteiger charge is -2.21. The van der Waals surface area contributed by atoms with Crippen LogP contribution in [0.15, 0.2) is 78.5 Å². The monoisotopic (exact) mass is 415 g/mol. The van der Waals surface area contributed by atoms with Crippen LogP contribution in [0, 0.1) is 6.92 Å². The maximum Gasteiger partial charge on any atom is 0.243 e. The Balaban J connectivity index is 1.88. The van der Waals surface area contributed by atoms with Gasteiger partial charge >= 0.3 is 0 Å². The largest absolute Gasteiger partial charge is 0.329 e. The molecule has 0 atom stereocenters. The van der Waals surface area contributed by atoms with E-state index in [1.165, 1.54) is 4.31 Å². The smallest absolute Gasteiger partial charge is 0.243 e. The maximum atomic E-state index is 13.1. The number of halogens is 1. The van der Waals surface area contributed by atoms with Crippen molar-refractivity contribution in [3.8, 4) is 0 Å². The summed E-state index contributed by atoms with van der Waals surface area (Å²) in [5, 5.41) is 0.664. The number of nitrogens with zero attached hydrogens (tertiary/aromatic N) is 3. The number of aromatic nitrogens is 2. The summed E-state index contributed by atoms with van der Waals surface area (Å²) in [5.74, 6) is 0.637. The van der Waals surface area contributed by atoms with Crippen LogP contribution in [0.4, 0.5) is 0 Å². The molecule has 0 bridgehead atoms. The van der Waals surface area contributed by atoms with Crippen LogP contribution in [0.25, 0.3) is 0 Å². The molecule has 0 amide bonds. The van der Waals surface area contributed by atoms with Gasteiger partial charge in [0.25, 0.3) is 0 Å². The van der Waals surface area contributed by atoms with Gasteiger partial charge in [0.05, 0.1) is 18.0 Å². The minimum Gasteiger partial charge on any atom is -0.329 e. The average molecular weight is 416 g/mol. The minimum atomic E-state index is -3.67. The predicted octanol–water partition coefficient (Wildman–Crippen LogP) is 4.27. The molecular formula is C21H22ClN3O2S. The first-order chi connectivity index (χ1) is 13.4. The van der Waals surface area contributed by atoms with E-state index in [4.69, 9.17) is 11.6 Å². The van der Waals surface area contributed by atoms with Gasteiger partial charge in [-0.25, -0.2) is 13.4 Å². The maximum absolute atomic E-state index is 13.1. The number of rotatable bonds is 8. The van der Waals surface area contributed by atoms with Gasteiger partial charge in [-0.05, 0) is 30.7 Å². The number of hydrogen-bond donors (Lipinski definition) is 0. The van der Waals surface area contributed by atoms with Gasteiger partial charge in [-0.3, -0.25) is 0 Å². The summed E-state index contributed by atoms with van der Waals surface area (Å²) in [6.45, 7) is 6.47. The Kier molecular flexibility index (Phi) is 6.34. The van der Waals surface area contributed by atoms with Crippen molar-refractivity contribution in [3.05, 3.63) is 95.6 Å². The van der Waals surface area contributed by atoms with Crippen molar-refractivity contribution < 1.29 is 8.42 Å². The fourth-order valence-corrected chi connectivity index (χ4v) is 4.42. The molecule has 0 unspecified atom stereocenters. The zero-order valence-electron chi connectivity index (χ0n) is 15.6. The van der Waals surface area contributed by atoms with E-state index in [1.54, 1.807) is 36.5 Å². The summed E-state index contributed by atoms with van der Waals surface area (Å²) in [5.41, 5.74) is 1.95. The molecule has 3 rings (SSSR count). The van der Waals surface area contributed by atoms with Crippen LogP contribution < -0.4 is 0 Å². The number of aryl methyl sites for hydroxylation is 1. The molecule has 0 N–H and O–H groups in total. The average Bonchev–Trinajstić information content (AvgIpc) is 3.10. The first-order valence-corrected chi connectivity index (χ1v) is 10.6. The van der Waals surface area contributed by atoms with Crippen LogP contribution in [-0.2, 0) is 23.1 Å². The van der Waals surface area contributed by atoms with Gasteiger partial charge in [0, 0.05) is 24.0 Å². The Bertz CT molecular complexity index is 1060. The van der Waals surface area contributed by atoms with Crippen LogP contribution in [0.3, 0.4) is 0 Å². The molecule has 0 aliphatic carbocycles. The lowest BCUT2D eigenvalue weighted by Crippen LogP contribution is -2.32. The topological polar surface area (TPSA) is 55.2 Å². The Morgan fingerprint density at radius 2 is 1.89 bits per heavy atom. The molecule has 3 aromatic rings.